The van der Waals surface area contributed by atoms with Crippen molar-refractivity contribution in [3.63, 3.8) is 0 Å². The maximum atomic E-state index is 11.8. The fraction of sp³-hybridized carbons (Fsp3) is 0.667. The lowest BCUT2D eigenvalue weighted by atomic mass is 9.82. The largest absolute Gasteiger partial charge is 0.385 e. The minimum absolute atomic E-state index is 0.221. The van der Waals surface area contributed by atoms with Gasteiger partial charge < -0.3 is 5.73 Å². The van der Waals surface area contributed by atoms with Gasteiger partial charge in [-0.1, -0.05) is 26.2 Å². The summed E-state index contributed by atoms with van der Waals surface area (Å²) in [6.07, 6.45) is 6.30. The van der Waals surface area contributed by atoms with Crippen LogP contribution in [0.15, 0.2) is 4.99 Å². The number of aliphatic imine (C=N–C) groups is 1. The van der Waals surface area contributed by atoms with Crippen molar-refractivity contribution in [2.45, 2.75) is 45.7 Å². The molecule has 1 heterocycles. The predicted molar refractivity (Wildman–Crippen MR) is 65.0 cm³/mol. The maximum Gasteiger partial charge on any atom is 0.347 e. The van der Waals surface area contributed by atoms with Gasteiger partial charge in [-0.05, 0) is 19.8 Å². The number of hydrogen-bond acceptors (Lipinski definition) is 2. The van der Waals surface area contributed by atoms with Crippen molar-refractivity contribution in [1.82, 2.24) is 4.90 Å². The van der Waals surface area contributed by atoms with Gasteiger partial charge in [0.05, 0.1) is 6.04 Å². The Morgan fingerprint density at radius 3 is 2.62 bits per heavy atom. The molecule has 0 aromatic heterocycles. The van der Waals surface area contributed by atoms with Gasteiger partial charge in [-0.3, -0.25) is 4.90 Å². The summed E-state index contributed by atoms with van der Waals surface area (Å²) in [6.45, 7) is 7.85. The van der Waals surface area contributed by atoms with Crippen LogP contribution < -0.4 is 5.73 Å². The Bertz CT molecular complexity index is 369. The molecule has 0 spiro atoms. The lowest BCUT2D eigenvalue weighted by Crippen LogP contribution is -2.58. The Balaban J connectivity index is 3.18. The molecule has 1 aliphatic heterocycles. The van der Waals surface area contributed by atoms with Crippen molar-refractivity contribution in [2.75, 3.05) is 0 Å². The highest BCUT2D eigenvalue weighted by molar-refractivity contribution is 6.06. The molecule has 1 rings (SSSR count). The SMILES string of the molecule is C#CC(C)N1C(=O)N=C(N)C1(C)C(C)CC. The van der Waals surface area contributed by atoms with E-state index in [1.54, 1.807) is 4.90 Å². The van der Waals surface area contributed by atoms with Crippen LogP contribution in [0.2, 0.25) is 0 Å². The second kappa shape index (κ2) is 4.17. The molecule has 0 radical (unpaired) electrons. The molecule has 3 unspecified atom stereocenters. The van der Waals surface area contributed by atoms with Crippen molar-refractivity contribution >= 4 is 11.9 Å². The second-order valence-electron chi connectivity index (χ2n) is 4.45. The molecule has 4 heteroatoms. The molecule has 0 fully saturated rings. The normalized spacial score (nSPS) is 28.6. The van der Waals surface area contributed by atoms with Gasteiger partial charge in [0.15, 0.2) is 0 Å². The summed E-state index contributed by atoms with van der Waals surface area (Å²) in [5, 5.41) is 0. The highest BCUT2D eigenvalue weighted by atomic mass is 16.2. The molecule has 0 aromatic carbocycles. The smallest absolute Gasteiger partial charge is 0.347 e. The Labute approximate surface area is 96.9 Å². The first kappa shape index (κ1) is 12.6. The first-order valence-electron chi connectivity index (χ1n) is 5.53. The quantitative estimate of drug-likeness (QED) is 0.736. The third-order valence-corrected chi connectivity index (χ3v) is 3.64. The Morgan fingerprint density at radius 1 is 1.62 bits per heavy atom. The van der Waals surface area contributed by atoms with Crippen molar-refractivity contribution in [3.8, 4) is 12.3 Å². The van der Waals surface area contributed by atoms with Gasteiger partial charge in [0.25, 0.3) is 0 Å². The number of carbonyl (C=O) groups excluding carboxylic acids is 1. The van der Waals surface area contributed by atoms with E-state index in [2.05, 4.69) is 24.8 Å². The average Bonchev–Trinajstić information content (AvgIpc) is 2.48. The van der Waals surface area contributed by atoms with E-state index in [1.165, 1.54) is 0 Å². The maximum absolute atomic E-state index is 11.8. The number of amides is 2. The summed E-state index contributed by atoms with van der Waals surface area (Å²) in [6, 6.07) is -0.623. The van der Waals surface area contributed by atoms with Gasteiger partial charge in [-0.2, -0.15) is 4.99 Å². The first-order chi connectivity index (χ1) is 7.39. The molecule has 4 nitrogen and oxygen atoms in total. The van der Waals surface area contributed by atoms with Gasteiger partial charge in [-0.15, -0.1) is 6.42 Å². The molecule has 2 amide bonds. The molecule has 3 atom stereocenters. The van der Waals surface area contributed by atoms with Crippen LogP contribution in [0.25, 0.3) is 0 Å². The number of amidine groups is 1. The summed E-state index contributed by atoms with van der Waals surface area (Å²) in [5.41, 5.74) is 5.32. The van der Waals surface area contributed by atoms with Crippen LogP contribution in [-0.4, -0.2) is 28.3 Å². The summed E-state index contributed by atoms with van der Waals surface area (Å²) in [7, 11) is 0. The number of nitrogens with zero attached hydrogens (tertiary/aromatic N) is 2. The Morgan fingerprint density at radius 2 is 2.19 bits per heavy atom. The van der Waals surface area contributed by atoms with Gasteiger partial charge in [0, 0.05) is 0 Å². The lowest BCUT2D eigenvalue weighted by Gasteiger charge is -2.41. The van der Waals surface area contributed by atoms with Crippen LogP contribution >= 0.6 is 0 Å². The highest BCUT2D eigenvalue weighted by Crippen LogP contribution is 2.34. The molecular formula is C12H19N3O. The summed E-state index contributed by atoms with van der Waals surface area (Å²) in [4.78, 5) is 17.2. The number of nitrogens with two attached hydrogens (primary N) is 1. The van der Waals surface area contributed by atoms with Gasteiger partial charge >= 0.3 is 6.03 Å². The van der Waals surface area contributed by atoms with E-state index in [0.29, 0.717) is 5.84 Å². The van der Waals surface area contributed by atoms with Crippen molar-refractivity contribution in [2.24, 2.45) is 16.6 Å². The predicted octanol–water partition coefficient (Wildman–Crippen LogP) is 1.61. The van der Waals surface area contributed by atoms with E-state index >= 15 is 0 Å². The minimum Gasteiger partial charge on any atom is -0.385 e. The fourth-order valence-corrected chi connectivity index (χ4v) is 2.12. The highest BCUT2D eigenvalue weighted by Gasteiger charge is 2.49. The second-order valence-corrected chi connectivity index (χ2v) is 4.45. The number of carbonyl (C=O) groups is 1. The molecule has 0 aromatic rings. The zero-order valence-electron chi connectivity index (χ0n) is 10.3. The zero-order chi connectivity index (χ0) is 12.5. The lowest BCUT2D eigenvalue weighted by molar-refractivity contribution is 0.132. The van der Waals surface area contributed by atoms with Crippen LogP contribution in [0, 0.1) is 18.3 Å². The van der Waals surface area contributed by atoms with Crippen molar-refractivity contribution < 1.29 is 4.79 Å². The topological polar surface area (TPSA) is 58.7 Å². The van der Waals surface area contributed by atoms with Crippen molar-refractivity contribution in [3.05, 3.63) is 0 Å². The van der Waals surface area contributed by atoms with Gasteiger partial charge in [-0.25, -0.2) is 4.79 Å². The van der Waals surface area contributed by atoms with E-state index in [-0.39, 0.29) is 18.0 Å². The monoisotopic (exact) mass is 221 g/mol. The molecule has 88 valence electrons. The fourth-order valence-electron chi connectivity index (χ4n) is 2.12. The van der Waals surface area contributed by atoms with E-state index in [9.17, 15) is 4.79 Å². The van der Waals surface area contributed by atoms with E-state index in [1.807, 2.05) is 13.8 Å². The van der Waals surface area contributed by atoms with E-state index in [4.69, 9.17) is 12.2 Å². The van der Waals surface area contributed by atoms with Crippen LogP contribution in [0.5, 0.6) is 0 Å². The average molecular weight is 221 g/mol. The summed E-state index contributed by atoms with van der Waals surface area (Å²) < 4.78 is 0. The van der Waals surface area contributed by atoms with Crippen LogP contribution in [0.4, 0.5) is 4.79 Å². The van der Waals surface area contributed by atoms with Crippen LogP contribution in [0.3, 0.4) is 0 Å². The van der Waals surface area contributed by atoms with Crippen molar-refractivity contribution in [1.29, 1.82) is 0 Å². The summed E-state index contributed by atoms with van der Waals surface area (Å²) >= 11 is 0. The standard InChI is InChI=1S/C12H19N3O/c1-6-8(3)12(5)10(13)14-11(16)15(12)9(4)7-2/h2,8-9H,6H2,1,3-5H3,(H2,13,14,16). The summed E-state index contributed by atoms with van der Waals surface area (Å²) in [5.74, 6) is 3.16. The first-order valence-corrected chi connectivity index (χ1v) is 5.53. The Kier molecular flexibility index (Phi) is 3.27. The molecule has 1 aliphatic rings. The van der Waals surface area contributed by atoms with E-state index in [0.717, 1.165) is 6.42 Å². The number of hydrogen-bond donors (Lipinski definition) is 1. The number of urea groups is 1. The molecule has 0 saturated heterocycles. The molecule has 0 saturated carbocycles. The van der Waals surface area contributed by atoms with Crippen LogP contribution in [0.1, 0.15) is 34.1 Å². The Hall–Kier alpha value is -1.50. The number of terminal acetylenes is 1. The molecule has 16 heavy (non-hydrogen) atoms. The third-order valence-electron chi connectivity index (χ3n) is 3.64. The molecule has 2 N–H and O–H groups in total. The van der Waals surface area contributed by atoms with Gasteiger partial charge in [0.2, 0.25) is 0 Å². The van der Waals surface area contributed by atoms with E-state index < -0.39 is 5.54 Å². The molecule has 0 aliphatic carbocycles. The van der Waals surface area contributed by atoms with Crippen LogP contribution in [-0.2, 0) is 0 Å². The molecular weight excluding hydrogens is 202 g/mol. The number of rotatable bonds is 3. The third kappa shape index (κ3) is 1.57. The zero-order valence-corrected chi connectivity index (χ0v) is 10.3. The van der Waals surface area contributed by atoms with Gasteiger partial charge in [0.1, 0.15) is 11.4 Å². The molecule has 0 bridgehead atoms. The minimum atomic E-state index is -0.558.